The van der Waals surface area contributed by atoms with Gasteiger partial charge in [0.2, 0.25) is 0 Å². The van der Waals surface area contributed by atoms with Crippen molar-refractivity contribution in [1.29, 1.82) is 0 Å². The number of allylic oxidation sites excluding steroid dienone is 2. The molecule has 0 radical (unpaired) electrons. The number of hydrogen-bond donors (Lipinski definition) is 0. The van der Waals surface area contributed by atoms with Crippen LogP contribution >= 0.6 is 0 Å². The summed E-state index contributed by atoms with van der Waals surface area (Å²) in [6, 6.07) is 0. The van der Waals surface area contributed by atoms with Crippen LogP contribution in [0, 0.1) is 0 Å². The summed E-state index contributed by atoms with van der Waals surface area (Å²) in [6.07, 6.45) is 8.87. The minimum atomic E-state index is -0.384. The van der Waals surface area contributed by atoms with Crippen LogP contribution in [0.25, 0.3) is 0 Å². The minimum Gasteiger partial charge on any atom is -0.501 e. The first kappa shape index (κ1) is 18.0. The molecule has 0 atom stereocenters. The third-order valence-electron chi connectivity index (χ3n) is 2.67. The van der Waals surface area contributed by atoms with E-state index in [2.05, 4.69) is 13.0 Å². The first-order chi connectivity index (χ1) is 8.89. The minimum absolute atomic E-state index is 0.120. The van der Waals surface area contributed by atoms with Gasteiger partial charge in [0.1, 0.15) is 5.60 Å². The highest BCUT2D eigenvalue weighted by Crippen LogP contribution is 2.13. The summed E-state index contributed by atoms with van der Waals surface area (Å²) in [7, 11) is 1.71. The summed E-state index contributed by atoms with van der Waals surface area (Å²) in [5, 5.41) is 0. The van der Waals surface area contributed by atoms with Crippen LogP contribution in [0.4, 0.5) is 0 Å². The number of carbonyl (C=O) groups excluding carboxylic acids is 1. The lowest BCUT2D eigenvalue weighted by molar-refractivity contribution is -0.154. The first-order valence-corrected chi connectivity index (χ1v) is 7.34. The van der Waals surface area contributed by atoms with Crippen LogP contribution in [0.2, 0.25) is 0 Å². The van der Waals surface area contributed by atoms with Crippen molar-refractivity contribution in [2.75, 3.05) is 7.11 Å². The van der Waals surface area contributed by atoms with Gasteiger partial charge in [0.25, 0.3) is 0 Å². The summed E-state index contributed by atoms with van der Waals surface area (Å²) < 4.78 is 10.6. The van der Waals surface area contributed by atoms with Gasteiger partial charge in [0.15, 0.2) is 0 Å². The summed E-state index contributed by atoms with van der Waals surface area (Å²) in [5.41, 5.74) is -0.384. The standard InChI is InChI=1S/C16H30O3/c1-6-7-8-11-14(18-5)12-9-10-13-15(17)19-16(2,3)4/h12H,6-11,13H2,1-5H3/b14-12+. The highest BCUT2D eigenvalue weighted by molar-refractivity contribution is 5.69. The molecule has 0 aliphatic rings. The van der Waals surface area contributed by atoms with E-state index in [4.69, 9.17) is 9.47 Å². The number of unbranched alkanes of at least 4 members (excludes halogenated alkanes) is 3. The zero-order valence-corrected chi connectivity index (χ0v) is 13.3. The third kappa shape index (κ3) is 11.8. The van der Waals surface area contributed by atoms with Crippen LogP contribution < -0.4 is 0 Å². The third-order valence-corrected chi connectivity index (χ3v) is 2.67. The molecule has 3 nitrogen and oxygen atoms in total. The van der Waals surface area contributed by atoms with Crippen LogP contribution in [0.3, 0.4) is 0 Å². The van der Waals surface area contributed by atoms with E-state index in [9.17, 15) is 4.79 Å². The van der Waals surface area contributed by atoms with E-state index in [1.54, 1.807) is 7.11 Å². The molecule has 0 amide bonds. The fourth-order valence-electron chi connectivity index (χ4n) is 1.74. The van der Waals surface area contributed by atoms with E-state index in [1.165, 1.54) is 19.3 Å². The fourth-order valence-corrected chi connectivity index (χ4v) is 1.74. The molecule has 0 rings (SSSR count). The number of ether oxygens (including phenoxy) is 2. The molecule has 0 N–H and O–H groups in total. The molecule has 0 aliphatic heterocycles. The number of carbonyl (C=O) groups is 1. The second-order valence-corrected chi connectivity index (χ2v) is 5.81. The molecule has 0 aromatic heterocycles. The van der Waals surface area contributed by atoms with Crippen molar-refractivity contribution in [3.63, 3.8) is 0 Å². The monoisotopic (exact) mass is 270 g/mol. The van der Waals surface area contributed by atoms with Crippen LogP contribution in [-0.4, -0.2) is 18.7 Å². The van der Waals surface area contributed by atoms with Gasteiger partial charge in [-0.05, 0) is 46.1 Å². The van der Waals surface area contributed by atoms with Crippen molar-refractivity contribution in [1.82, 2.24) is 0 Å². The molecule has 0 saturated carbocycles. The van der Waals surface area contributed by atoms with E-state index >= 15 is 0 Å². The molecule has 0 saturated heterocycles. The van der Waals surface area contributed by atoms with Crippen LogP contribution in [-0.2, 0) is 14.3 Å². The van der Waals surface area contributed by atoms with Crippen molar-refractivity contribution < 1.29 is 14.3 Å². The molecule has 0 bridgehead atoms. The van der Waals surface area contributed by atoms with E-state index in [0.29, 0.717) is 6.42 Å². The molecule has 0 aromatic carbocycles. The number of rotatable bonds is 9. The van der Waals surface area contributed by atoms with Gasteiger partial charge in [-0.2, -0.15) is 0 Å². The Balaban J connectivity index is 3.82. The lowest BCUT2D eigenvalue weighted by Crippen LogP contribution is -2.23. The molecule has 0 unspecified atom stereocenters. The van der Waals surface area contributed by atoms with Gasteiger partial charge >= 0.3 is 5.97 Å². The van der Waals surface area contributed by atoms with Crippen molar-refractivity contribution in [3.05, 3.63) is 11.8 Å². The Morgan fingerprint density at radius 3 is 2.32 bits per heavy atom. The fraction of sp³-hybridized carbons (Fsp3) is 0.812. The summed E-state index contributed by atoms with van der Waals surface area (Å²) >= 11 is 0. The van der Waals surface area contributed by atoms with Crippen LogP contribution in [0.1, 0.15) is 72.6 Å². The van der Waals surface area contributed by atoms with E-state index in [1.807, 2.05) is 20.8 Å². The van der Waals surface area contributed by atoms with E-state index in [0.717, 1.165) is 25.0 Å². The molecule has 112 valence electrons. The Hall–Kier alpha value is -0.990. The van der Waals surface area contributed by atoms with Crippen LogP contribution in [0.5, 0.6) is 0 Å². The predicted molar refractivity (Wildman–Crippen MR) is 78.9 cm³/mol. The maximum atomic E-state index is 11.5. The molecule has 0 fully saturated rings. The Morgan fingerprint density at radius 1 is 1.11 bits per heavy atom. The van der Waals surface area contributed by atoms with Crippen LogP contribution in [0.15, 0.2) is 11.8 Å². The quantitative estimate of drug-likeness (QED) is 0.349. The average Bonchev–Trinajstić information content (AvgIpc) is 2.30. The maximum Gasteiger partial charge on any atom is 0.306 e. The normalized spacial score (nSPS) is 12.4. The topological polar surface area (TPSA) is 35.5 Å². The molecule has 0 spiro atoms. The summed E-state index contributed by atoms with van der Waals surface area (Å²) in [6.45, 7) is 7.86. The Bertz CT molecular complexity index is 274. The lowest BCUT2D eigenvalue weighted by atomic mass is 10.1. The van der Waals surface area contributed by atoms with Gasteiger partial charge in [0, 0.05) is 12.8 Å². The Labute approximate surface area is 118 Å². The molecule has 0 aliphatic carbocycles. The smallest absolute Gasteiger partial charge is 0.306 e. The van der Waals surface area contributed by atoms with Gasteiger partial charge < -0.3 is 9.47 Å². The van der Waals surface area contributed by atoms with Crippen molar-refractivity contribution in [3.8, 4) is 0 Å². The molecular weight excluding hydrogens is 240 g/mol. The SMILES string of the molecule is CCCCC/C(=C\CCCC(=O)OC(C)(C)C)OC. The number of esters is 1. The van der Waals surface area contributed by atoms with Gasteiger partial charge in [-0.25, -0.2) is 0 Å². The second kappa shape index (κ2) is 9.88. The maximum absolute atomic E-state index is 11.5. The number of methoxy groups -OCH3 is 1. The number of hydrogen-bond acceptors (Lipinski definition) is 3. The van der Waals surface area contributed by atoms with Gasteiger partial charge in [0.05, 0.1) is 12.9 Å². The summed E-state index contributed by atoms with van der Waals surface area (Å²) in [5.74, 6) is 0.920. The van der Waals surface area contributed by atoms with E-state index in [-0.39, 0.29) is 11.6 Å². The largest absolute Gasteiger partial charge is 0.501 e. The van der Waals surface area contributed by atoms with Gasteiger partial charge in [-0.15, -0.1) is 0 Å². The highest BCUT2D eigenvalue weighted by Gasteiger charge is 2.15. The molecule has 19 heavy (non-hydrogen) atoms. The predicted octanol–water partition coefficient (Wildman–Crippen LogP) is 4.61. The van der Waals surface area contributed by atoms with Gasteiger partial charge in [-0.1, -0.05) is 19.8 Å². The van der Waals surface area contributed by atoms with E-state index < -0.39 is 0 Å². The van der Waals surface area contributed by atoms with Gasteiger partial charge in [-0.3, -0.25) is 4.79 Å². The lowest BCUT2D eigenvalue weighted by Gasteiger charge is -2.19. The molecule has 0 heterocycles. The van der Waals surface area contributed by atoms with Crippen molar-refractivity contribution in [2.45, 2.75) is 78.2 Å². The Kier molecular flexibility index (Phi) is 9.36. The average molecular weight is 270 g/mol. The molecular formula is C16H30O3. The molecule has 0 aromatic rings. The van der Waals surface area contributed by atoms with Crippen molar-refractivity contribution in [2.24, 2.45) is 0 Å². The highest BCUT2D eigenvalue weighted by atomic mass is 16.6. The molecule has 3 heteroatoms. The Morgan fingerprint density at radius 2 is 1.79 bits per heavy atom. The first-order valence-electron chi connectivity index (χ1n) is 7.34. The van der Waals surface area contributed by atoms with Crippen molar-refractivity contribution >= 4 is 5.97 Å². The second-order valence-electron chi connectivity index (χ2n) is 5.81. The zero-order valence-electron chi connectivity index (χ0n) is 13.3. The zero-order chi connectivity index (χ0) is 14.7. The summed E-state index contributed by atoms with van der Waals surface area (Å²) in [4.78, 5) is 11.5.